The number of hydrogen-bond acceptors (Lipinski definition) is 5. The van der Waals surface area contributed by atoms with E-state index >= 15 is 0 Å². The van der Waals surface area contributed by atoms with Gasteiger partial charge >= 0.3 is 6.09 Å². The van der Waals surface area contributed by atoms with E-state index in [1.54, 1.807) is 0 Å². The molecule has 3 N–H and O–H groups in total. The minimum absolute atomic E-state index is 0.256. The standard InChI is InChI=1S/C14H17N3O3/c1-19-13(18)16-11-4-2-3-9-5-6-14(7-10(9)11)8-20-12(15)17-14/h2-4H,5-8H2,1H3,(H2,15,17)(H,16,18). The lowest BCUT2D eigenvalue weighted by Crippen LogP contribution is -2.36. The maximum absolute atomic E-state index is 11.4. The number of nitrogens with two attached hydrogens (primary N) is 1. The number of nitrogens with one attached hydrogen (secondary N) is 1. The first-order valence-electron chi connectivity index (χ1n) is 6.56. The average molecular weight is 275 g/mol. The molecule has 0 bridgehead atoms. The summed E-state index contributed by atoms with van der Waals surface area (Å²) in [5.41, 5.74) is 8.44. The summed E-state index contributed by atoms with van der Waals surface area (Å²) in [6.07, 6.45) is 2.04. The summed E-state index contributed by atoms with van der Waals surface area (Å²) in [6.45, 7) is 0.505. The van der Waals surface area contributed by atoms with Crippen LogP contribution in [-0.4, -0.2) is 31.4 Å². The number of carbonyl (C=O) groups is 1. The molecule has 0 saturated carbocycles. The number of anilines is 1. The van der Waals surface area contributed by atoms with E-state index in [1.807, 2.05) is 12.1 Å². The number of ether oxygens (including phenoxy) is 2. The van der Waals surface area contributed by atoms with Crippen LogP contribution < -0.4 is 11.1 Å². The number of fused-ring (bicyclic) bond motifs is 1. The van der Waals surface area contributed by atoms with Crippen molar-refractivity contribution in [2.45, 2.75) is 24.8 Å². The van der Waals surface area contributed by atoms with Gasteiger partial charge in [0, 0.05) is 12.1 Å². The number of nitrogens with zero attached hydrogens (tertiary/aromatic N) is 1. The Morgan fingerprint density at radius 3 is 3.10 bits per heavy atom. The lowest BCUT2D eigenvalue weighted by Gasteiger charge is -2.31. The molecule has 1 atom stereocenters. The number of hydrogen-bond donors (Lipinski definition) is 2. The average Bonchev–Trinajstić information content (AvgIpc) is 2.80. The monoisotopic (exact) mass is 275 g/mol. The molecule has 1 amide bonds. The third-order valence-electron chi connectivity index (χ3n) is 3.90. The zero-order valence-corrected chi connectivity index (χ0v) is 11.3. The molecule has 1 unspecified atom stereocenters. The largest absolute Gasteiger partial charge is 0.463 e. The van der Waals surface area contributed by atoms with Gasteiger partial charge in [0.15, 0.2) is 0 Å². The molecule has 3 rings (SSSR count). The first kappa shape index (κ1) is 12.8. The van der Waals surface area contributed by atoms with Crippen molar-refractivity contribution < 1.29 is 14.3 Å². The second-order valence-electron chi connectivity index (χ2n) is 5.20. The molecule has 0 fully saturated rings. The minimum Gasteiger partial charge on any atom is -0.463 e. The maximum Gasteiger partial charge on any atom is 0.411 e. The van der Waals surface area contributed by atoms with Gasteiger partial charge in [-0.05, 0) is 30.0 Å². The van der Waals surface area contributed by atoms with Gasteiger partial charge in [-0.1, -0.05) is 12.1 Å². The summed E-state index contributed by atoms with van der Waals surface area (Å²) >= 11 is 0. The summed E-state index contributed by atoms with van der Waals surface area (Å²) in [5.74, 6) is 0. The summed E-state index contributed by atoms with van der Waals surface area (Å²) in [4.78, 5) is 15.9. The molecule has 106 valence electrons. The molecule has 1 spiro atoms. The van der Waals surface area contributed by atoms with E-state index in [0.717, 1.165) is 24.1 Å². The van der Waals surface area contributed by atoms with Crippen LogP contribution >= 0.6 is 0 Å². The predicted octanol–water partition coefficient (Wildman–Crippen LogP) is 1.44. The van der Waals surface area contributed by atoms with Crippen molar-refractivity contribution in [3.63, 3.8) is 0 Å². The van der Waals surface area contributed by atoms with E-state index in [1.165, 1.54) is 12.7 Å². The van der Waals surface area contributed by atoms with Gasteiger partial charge in [-0.15, -0.1) is 0 Å². The SMILES string of the molecule is COC(=O)Nc1cccc2c1CC1(CC2)COC(N)=N1. The number of carbonyl (C=O) groups excluding carboxylic acids is 1. The Morgan fingerprint density at radius 2 is 2.40 bits per heavy atom. The van der Waals surface area contributed by atoms with Crippen LogP contribution in [0.25, 0.3) is 0 Å². The fourth-order valence-electron chi connectivity index (χ4n) is 2.87. The van der Waals surface area contributed by atoms with Crippen LogP contribution in [-0.2, 0) is 22.3 Å². The van der Waals surface area contributed by atoms with Crippen LogP contribution in [0.5, 0.6) is 0 Å². The Labute approximate surface area is 117 Å². The van der Waals surface area contributed by atoms with Crippen LogP contribution in [0.2, 0.25) is 0 Å². The zero-order chi connectivity index (χ0) is 14.2. The van der Waals surface area contributed by atoms with Crippen LogP contribution in [0.4, 0.5) is 10.5 Å². The highest BCUT2D eigenvalue weighted by molar-refractivity contribution is 5.86. The Balaban J connectivity index is 1.93. The Morgan fingerprint density at radius 1 is 1.55 bits per heavy atom. The fourth-order valence-corrected chi connectivity index (χ4v) is 2.87. The number of rotatable bonds is 1. The van der Waals surface area contributed by atoms with Crippen molar-refractivity contribution >= 4 is 17.8 Å². The number of aryl methyl sites for hydroxylation is 1. The van der Waals surface area contributed by atoms with E-state index in [0.29, 0.717) is 13.0 Å². The lowest BCUT2D eigenvalue weighted by atomic mass is 9.78. The second kappa shape index (κ2) is 4.70. The molecule has 1 aromatic rings. The first-order valence-corrected chi connectivity index (χ1v) is 6.56. The number of amides is 1. The van der Waals surface area contributed by atoms with E-state index in [-0.39, 0.29) is 11.6 Å². The number of methoxy groups -OCH3 is 1. The molecular formula is C14H17N3O3. The van der Waals surface area contributed by atoms with E-state index in [4.69, 9.17) is 10.5 Å². The van der Waals surface area contributed by atoms with E-state index < -0.39 is 6.09 Å². The molecular weight excluding hydrogens is 258 g/mol. The molecule has 6 heteroatoms. The van der Waals surface area contributed by atoms with Crippen molar-refractivity contribution in [3.05, 3.63) is 29.3 Å². The molecule has 2 aliphatic rings. The number of benzene rings is 1. The molecule has 1 aliphatic carbocycles. The van der Waals surface area contributed by atoms with Crippen LogP contribution in [0, 0.1) is 0 Å². The van der Waals surface area contributed by atoms with E-state index in [9.17, 15) is 4.79 Å². The second-order valence-corrected chi connectivity index (χ2v) is 5.20. The topological polar surface area (TPSA) is 85.9 Å². The van der Waals surface area contributed by atoms with Crippen molar-refractivity contribution in [2.24, 2.45) is 10.7 Å². The minimum atomic E-state index is -0.469. The van der Waals surface area contributed by atoms with Crippen molar-refractivity contribution in [1.29, 1.82) is 0 Å². The van der Waals surface area contributed by atoms with Gasteiger partial charge in [0.05, 0.1) is 7.11 Å². The molecule has 0 radical (unpaired) electrons. The Bertz CT molecular complexity index is 585. The van der Waals surface area contributed by atoms with Crippen molar-refractivity contribution in [1.82, 2.24) is 0 Å². The smallest absolute Gasteiger partial charge is 0.411 e. The third-order valence-corrected chi connectivity index (χ3v) is 3.90. The van der Waals surface area contributed by atoms with Gasteiger partial charge in [0.25, 0.3) is 6.02 Å². The molecule has 1 heterocycles. The molecule has 20 heavy (non-hydrogen) atoms. The van der Waals surface area contributed by atoms with Gasteiger partial charge in [-0.2, -0.15) is 0 Å². The summed E-state index contributed by atoms with van der Waals surface area (Å²) in [6, 6.07) is 6.14. The number of aliphatic imine (C=N–C) groups is 1. The maximum atomic E-state index is 11.4. The highest BCUT2D eigenvalue weighted by Gasteiger charge is 2.40. The van der Waals surface area contributed by atoms with Crippen molar-refractivity contribution in [3.8, 4) is 0 Å². The third kappa shape index (κ3) is 2.17. The molecule has 0 aromatic heterocycles. The van der Waals surface area contributed by atoms with Crippen LogP contribution in [0.15, 0.2) is 23.2 Å². The predicted molar refractivity (Wildman–Crippen MR) is 74.8 cm³/mol. The van der Waals surface area contributed by atoms with Gasteiger partial charge in [0.1, 0.15) is 12.1 Å². The van der Waals surface area contributed by atoms with E-state index in [2.05, 4.69) is 21.1 Å². The first-order chi connectivity index (χ1) is 9.62. The van der Waals surface area contributed by atoms with Gasteiger partial charge in [-0.25, -0.2) is 9.79 Å². The molecule has 0 saturated heterocycles. The quantitative estimate of drug-likeness (QED) is 0.812. The molecule has 6 nitrogen and oxygen atoms in total. The zero-order valence-electron chi connectivity index (χ0n) is 11.3. The number of amidine groups is 1. The van der Waals surface area contributed by atoms with Gasteiger partial charge in [-0.3, -0.25) is 5.32 Å². The van der Waals surface area contributed by atoms with Gasteiger partial charge < -0.3 is 15.2 Å². The van der Waals surface area contributed by atoms with Gasteiger partial charge in [0.2, 0.25) is 0 Å². The molecule has 1 aliphatic heterocycles. The lowest BCUT2D eigenvalue weighted by molar-refractivity contribution is 0.187. The fraction of sp³-hybridized carbons (Fsp3) is 0.429. The molecule has 1 aromatic carbocycles. The normalized spacial score (nSPS) is 23.8. The highest BCUT2D eigenvalue weighted by Crippen LogP contribution is 2.37. The Kier molecular flexibility index (Phi) is 3.00. The summed E-state index contributed by atoms with van der Waals surface area (Å²) in [5, 5.41) is 2.76. The summed E-state index contributed by atoms with van der Waals surface area (Å²) in [7, 11) is 1.35. The van der Waals surface area contributed by atoms with Crippen molar-refractivity contribution in [2.75, 3.05) is 19.0 Å². The highest BCUT2D eigenvalue weighted by atomic mass is 16.5. The van der Waals surface area contributed by atoms with Crippen LogP contribution in [0.1, 0.15) is 17.5 Å². The summed E-state index contributed by atoms with van der Waals surface area (Å²) < 4.78 is 9.98. The van der Waals surface area contributed by atoms with Crippen LogP contribution in [0.3, 0.4) is 0 Å². The Hall–Kier alpha value is -2.24.